The van der Waals surface area contributed by atoms with Gasteiger partial charge in [-0.15, -0.1) is 0 Å². The van der Waals surface area contributed by atoms with Gasteiger partial charge < -0.3 is 4.74 Å². The van der Waals surface area contributed by atoms with Gasteiger partial charge in [0.2, 0.25) is 0 Å². The third-order valence-corrected chi connectivity index (χ3v) is 1.46. The van der Waals surface area contributed by atoms with E-state index in [9.17, 15) is 0 Å². The van der Waals surface area contributed by atoms with Gasteiger partial charge in [0.25, 0.3) is 0 Å². The Morgan fingerprint density at radius 1 is 1.80 bits per heavy atom. The van der Waals surface area contributed by atoms with Crippen LogP contribution in [0.3, 0.4) is 0 Å². The topological polar surface area (TPSA) is 21.6 Å². The van der Waals surface area contributed by atoms with Crippen LogP contribution in [-0.2, 0) is 4.74 Å². The Labute approximate surface area is 62.6 Å². The zero-order valence-corrected chi connectivity index (χ0v) is 6.92. The van der Waals surface area contributed by atoms with E-state index in [2.05, 4.69) is 25.4 Å². The lowest BCUT2D eigenvalue weighted by atomic mass is 10.1. The van der Waals surface area contributed by atoms with Gasteiger partial charge in [-0.1, -0.05) is 20.4 Å². The van der Waals surface area contributed by atoms with Crippen molar-refractivity contribution in [2.24, 2.45) is 10.9 Å². The number of nitrogens with zero attached hydrogens (tertiary/aromatic N) is 1. The SMILES string of the molecule is C=COC(=NC)C(C)CC. The van der Waals surface area contributed by atoms with Crippen LogP contribution in [0.4, 0.5) is 0 Å². The second kappa shape index (κ2) is 5.03. The molecule has 2 nitrogen and oxygen atoms in total. The third-order valence-electron chi connectivity index (χ3n) is 1.46. The van der Waals surface area contributed by atoms with Crippen LogP contribution in [0.15, 0.2) is 17.8 Å². The highest BCUT2D eigenvalue weighted by molar-refractivity contribution is 5.78. The molecule has 0 bridgehead atoms. The first-order valence-electron chi connectivity index (χ1n) is 3.50. The van der Waals surface area contributed by atoms with Crippen molar-refractivity contribution < 1.29 is 4.74 Å². The van der Waals surface area contributed by atoms with Gasteiger partial charge in [-0.05, 0) is 6.42 Å². The molecule has 1 unspecified atom stereocenters. The van der Waals surface area contributed by atoms with Gasteiger partial charge in [-0.25, -0.2) is 0 Å². The molecule has 0 amide bonds. The van der Waals surface area contributed by atoms with E-state index in [0.717, 1.165) is 12.3 Å². The van der Waals surface area contributed by atoms with E-state index >= 15 is 0 Å². The number of hydrogen-bond acceptors (Lipinski definition) is 2. The summed E-state index contributed by atoms with van der Waals surface area (Å²) in [6, 6.07) is 0. The highest BCUT2D eigenvalue weighted by Gasteiger charge is 2.06. The first-order valence-corrected chi connectivity index (χ1v) is 3.50. The summed E-state index contributed by atoms with van der Waals surface area (Å²) < 4.78 is 5.06. The normalized spacial score (nSPS) is 14.5. The fourth-order valence-corrected chi connectivity index (χ4v) is 0.649. The van der Waals surface area contributed by atoms with Crippen molar-refractivity contribution in [3.05, 3.63) is 12.8 Å². The average Bonchev–Trinajstić information content (AvgIpc) is 1.99. The minimum atomic E-state index is 0.392. The number of rotatable bonds is 3. The second-order valence-corrected chi connectivity index (χ2v) is 2.16. The van der Waals surface area contributed by atoms with E-state index in [1.807, 2.05) is 0 Å². The van der Waals surface area contributed by atoms with Gasteiger partial charge in [-0.2, -0.15) is 0 Å². The summed E-state index contributed by atoms with van der Waals surface area (Å²) >= 11 is 0. The average molecular weight is 141 g/mol. The highest BCUT2D eigenvalue weighted by atomic mass is 16.5. The molecule has 0 rings (SSSR count). The molecule has 0 saturated heterocycles. The molecule has 0 aromatic carbocycles. The Morgan fingerprint density at radius 3 is 2.70 bits per heavy atom. The van der Waals surface area contributed by atoms with Crippen molar-refractivity contribution in [2.75, 3.05) is 7.05 Å². The molecule has 0 heterocycles. The van der Waals surface area contributed by atoms with Crippen molar-refractivity contribution in [1.29, 1.82) is 0 Å². The lowest BCUT2D eigenvalue weighted by Gasteiger charge is -2.09. The molecule has 0 aromatic rings. The van der Waals surface area contributed by atoms with Gasteiger partial charge in [0.05, 0.1) is 6.26 Å². The predicted molar refractivity (Wildman–Crippen MR) is 44.1 cm³/mol. The van der Waals surface area contributed by atoms with Crippen LogP contribution in [0, 0.1) is 5.92 Å². The highest BCUT2D eigenvalue weighted by Crippen LogP contribution is 2.04. The Bertz CT molecular complexity index is 129. The summed E-state index contributed by atoms with van der Waals surface area (Å²) in [5.41, 5.74) is 0. The predicted octanol–water partition coefficient (Wildman–Crippen LogP) is 2.22. The van der Waals surface area contributed by atoms with E-state index in [1.165, 1.54) is 6.26 Å². The Balaban J connectivity index is 3.93. The summed E-state index contributed by atoms with van der Waals surface area (Å²) in [5.74, 6) is 1.15. The van der Waals surface area contributed by atoms with Crippen LogP contribution in [0.5, 0.6) is 0 Å². The number of ether oxygens (including phenoxy) is 1. The van der Waals surface area contributed by atoms with Crippen LogP contribution in [0.25, 0.3) is 0 Å². The molecule has 10 heavy (non-hydrogen) atoms. The van der Waals surface area contributed by atoms with Gasteiger partial charge >= 0.3 is 0 Å². The molecule has 2 heteroatoms. The molecule has 0 aliphatic rings. The van der Waals surface area contributed by atoms with Crippen molar-refractivity contribution >= 4 is 5.90 Å². The maximum atomic E-state index is 5.06. The Kier molecular flexibility index (Phi) is 4.63. The molecule has 0 N–H and O–H groups in total. The molecule has 58 valence electrons. The van der Waals surface area contributed by atoms with Crippen molar-refractivity contribution in [2.45, 2.75) is 20.3 Å². The standard InChI is InChI=1S/C8H15NO/c1-5-7(3)8(9-4)10-6-2/h6-7H,2,5H2,1,3-4H3. The first kappa shape index (κ1) is 9.21. The summed E-state index contributed by atoms with van der Waals surface area (Å²) in [4.78, 5) is 3.97. The quantitative estimate of drug-likeness (QED) is 0.335. The van der Waals surface area contributed by atoms with Crippen LogP contribution >= 0.6 is 0 Å². The second-order valence-electron chi connectivity index (χ2n) is 2.16. The Hall–Kier alpha value is -0.790. The lowest BCUT2D eigenvalue weighted by Crippen LogP contribution is -2.11. The van der Waals surface area contributed by atoms with Crippen LogP contribution in [0.1, 0.15) is 20.3 Å². The summed E-state index contributed by atoms with van der Waals surface area (Å²) in [6.07, 6.45) is 2.45. The van der Waals surface area contributed by atoms with Crippen molar-refractivity contribution in [3.63, 3.8) is 0 Å². The fourth-order valence-electron chi connectivity index (χ4n) is 0.649. The van der Waals surface area contributed by atoms with Crippen molar-refractivity contribution in [3.8, 4) is 0 Å². The third kappa shape index (κ3) is 2.67. The molecule has 0 saturated carbocycles. The maximum absolute atomic E-state index is 5.06. The van der Waals surface area contributed by atoms with Crippen LogP contribution < -0.4 is 0 Å². The summed E-state index contributed by atoms with van der Waals surface area (Å²) in [5, 5.41) is 0. The zero-order chi connectivity index (χ0) is 7.98. The maximum Gasteiger partial charge on any atom is 0.191 e. The van der Waals surface area contributed by atoms with E-state index in [1.54, 1.807) is 7.05 Å². The minimum absolute atomic E-state index is 0.392. The van der Waals surface area contributed by atoms with E-state index in [4.69, 9.17) is 4.74 Å². The molecule has 0 aliphatic heterocycles. The lowest BCUT2D eigenvalue weighted by molar-refractivity contribution is 0.426. The van der Waals surface area contributed by atoms with Gasteiger partial charge in [0, 0.05) is 13.0 Å². The Morgan fingerprint density at radius 2 is 2.40 bits per heavy atom. The largest absolute Gasteiger partial charge is 0.451 e. The smallest absolute Gasteiger partial charge is 0.191 e. The molecule has 1 atom stereocenters. The van der Waals surface area contributed by atoms with Gasteiger partial charge in [0.15, 0.2) is 5.90 Å². The van der Waals surface area contributed by atoms with Crippen molar-refractivity contribution in [1.82, 2.24) is 0 Å². The first-order chi connectivity index (χ1) is 4.76. The molecular formula is C8H15NO. The van der Waals surface area contributed by atoms with E-state index in [0.29, 0.717) is 5.92 Å². The number of hydrogen-bond donors (Lipinski definition) is 0. The van der Waals surface area contributed by atoms with Gasteiger partial charge in [0.1, 0.15) is 0 Å². The summed E-state index contributed by atoms with van der Waals surface area (Å²) in [7, 11) is 1.73. The minimum Gasteiger partial charge on any atom is -0.451 e. The van der Waals surface area contributed by atoms with E-state index < -0.39 is 0 Å². The molecule has 0 spiro atoms. The molecule has 0 fully saturated rings. The molecular weight excluding hydrogens is 126 g/mol. The monoisotopic (exact) mass is 141 g/mol. The van der Waals surface area contributed by atoms with Crippen LogP contribution in [0.2, 0.25) is 0 Å². The molecule has 0 aromatic heterocycles. The zero-order valence-electron chi connectivity index (χ0n) is 6.92. The van der Waals surface area contributed by atoms with E-state index in [-0.39, 0.29) is 0 Å². The molecule has 0 aliphatic carbocycles. The summed E-state index contributed by atoms with van der Waals surface area (Å²) in [6.45, 7) is 7.64. The van der Waals surface area contributed by atoms with Gasteiger partial charge in [-0.3, -0.25) is 4.99 Å². The van der Waals surface area contributed by atoms with Crippen LogP contribution in [-0.4, -0.2) is 12.9 Å². The number of aliphatic imine (C=N–C) groups is 1. The molecule has 0 radical (unpaired) electrons. The fraction of sp³-hybridized carbons (Fsp3) is 0.625.